The molecule has 106 valence electrons. The summed E-state index contributed by atoms with van der Waals surface area (Å²) in [5, 5.41) is 9.90. The van der Waals surface area contributed by atoms with Crippen molar-refractivity contribution in [3.8, 4) is 0 Å². The van der Waals surface area contributed by atoms with Crippen LogP contribution in [0.5, 0.6) is 0 Å². The van der Waals surface area contributed by atoms with Crippen LogP contribution < -0.4 is 0 Å². The highest BCUT2D eigenvalue weighted by atomic mass is 32.2. The maximum Gasteiger partial charge on any atom is 0.324 e. The molecule has 1 N–H and O–H groups in total. The smallest absolute Gasteiger partial charge is 0.324 e. The van der Waals surface area contributed by atoms with Gasteiger partial charge in [-0.15, -0.1) is 0 Å². The Morgan fingerprint density at radius 2 is 1.90 bits per heavy atom. The van der Waals surface area contributed by atoms with E-state index in [0.717, 1.165) is 5.39 Å². The van der Waals surface area contributed by atoms with Gasteiger partial charge in [0.1, 0.15) is 0 Å². The van der Waals surface area contributed by atoms with Crippen LogP contribution in [0.1, 0.15) is 19.4 Å². The number of sulfone groups is 1. The number of benzene rings is 1. The number of fused-ring (bicyclic) bond motifs is 1. The van der Waals surface area contributed by atoms with Crippen molar-refractivity contribution in [1.29, 1.82) is 0 Å². The van der Waals surface area contributed by atoms with Crippen molar-refractivity contribution in [3.63, 3.8) is 0 Å². The van der Waals surface area contributed by atoms with Crippen molar-refractivity contribution in [1.82, 2.24) is 4.98 Å². The van der Waals surface area contributed by atoms with Crippen molar-refractivity contribution in [2.24, 2.45) is 0 Å². The first-order valence-electron chi connectivity index (χ1n) is 6.04. The van der Waals surface area contributed by atoms with Crippen molar-refractivity contribution >= 4 is 26.7 Å². The minimum Gasteiger partial charge on any atom is -0.480 e. The van der Waals surface area contributed by atoms with Gasteiger partial charge in [0, 0.05) is 11.6 Å². The molecule has 0 fully saturated rings. The van der Waals surface area contributed by atoms with E-state index in [4.69, 9.17) is 5.11 Å². The lowest BCUT2D eigenvalue weighted by Gasteiger charge is -2.20. The molecule has 0 aliphatic rings. The summed E-state index contributed by atoms with van der Waals surface area (Å²) in [6.45, 7) is 2.40. The number of para-hydroxylation sites is 1. The molecule has 2 rings (SSSR count). The normalized spacial score (nSPS) is 12.5. The molecule has 0 spiro atoms. The van der Waals surface area contributed by atoms with Gasteiger partial charge in [0.2, 0.25) is 0 Å². The monoisotopic (exact) mass is 293 g/mol. The van der Waals surface area contributed by atoms with E-state index in [1.807, 2.05) is 12.1 Å². The van der Waals surface area contributed by atoms with Gasteiger partial charge in [0.05, 0.1) is 11.3 Å². The Kier molecular flexibility index (Phi) is 3.52. The summed E-state index contributed by atoms with van der Waals surface area (Å²) >= 11 is 0. The molecule has 6 heteroatoms. The number of carboxylic acid groups (broad SMARTS) is 1. The number of hydrogen-bond acceptors (Lipinski definition) is 4. The molecule has 0 aliphatic heterocycles. The van der Waals surface area contributed by atoms with Gasteiger partial charge < -0.3 is 5.11 Å². The van der Waals surface area contributed by atoms with Gasteiger partial charge in [-0.05, 0) is 25.5 Å². The SMILES string of the molecule is CC(C)(C(=O)O)S(=O)(=O)Cc1cccc2cccnc12. The van der Waals surface area contributed by atoms with Gasteiger partial charge in [0.15, 0.2) is 14.6 Å². The average Bonchev–Trinajstić information content (AvgIpc) is 2.38. The van der Waals surface area contributed by atoms with Gasteiger partial charge >= 0.3 is 5.97 Å². The van der Waals surface area contributed by atoms with Crippen LogP contribution in [-0.4, -0.2) is 29.2 Å². The largest absolute Gasteiger partial charge is 0.480 e. The number of rotatable bonds is 4. The van der Waals surface area contributed by atoms with E-state index in [1.54, 1.807) is 24.4 Å². The van der Waals surface area contributed by atoms with Gasteiger partial charge in [0.25, 0.3) is 0 Å². The molecule has 1 aromatic heterocycles. The summed E-state index contributed by atoms with van der Waals surface area (Å²) in [7, 11) is -3.84. The van der Waals surface area contributed by atoms with Crippen LogP contribution in [0.25, 0.3) is 10.9 Å². The highest BCUT2D eigenvalue weighted by Crippen LogP contribution is 2.25. The van der Waals surface area contributed by atoms with Crippen LogP contribution in [0.15, 0.2) is 36.5 Å². The molecule has 0 saturated carbocycles. The number of carbonyl (C=O) groups is 1. The van der Waals surface area contributed by atoms with Crippen LogP contribution in [0.2, 0.25) is 0 Å². The number of aromatic nitrogens is 1. The summed E-state index contributed by atoms with van der Waals surface area (Å²) in [6, 6.07) is 8.83. The van der Waals surface area contributed by atoms with Crippen molar-refractivity contribution in [3.05, 3.63) is 42.1 Å². The van der Waals surface area contributed by atoms with Crippen LogP contribution in [0, 0.1) is 0 Å². The number of aliphatic carboxylic acids is 1. The Morgan fingerprint density at radius 3 is 2.55 bits per heavy atom. The highest BCUT2D eigenvalue weighted by Gasteiger charge is 2.41. The first-order valence-corrected chi connectivity index (χ1v) is 7.69. The van der Waals surface area contributed by atoms with E-state index < -0.39 is 20.6 Å². The molecule has 0 saturated heterocycles. The first kappa shape index (κ1) is 14.5. The van der Waals surface area contributed by atoms with Crippen molar-refractivity contribution < 1.29 is 18.3 Å². The molecule has 0 radical (unpaired) electrons. The molecule has 0 atom stereocenters. The van der Waals surface area contributed by atoms with E-state index in [0.29, 0.717) is 11.1 Å². The molecular weight excluding hydrogens is 278 g/mol. The van der Waals surface area contributed by atoms with E-state index >= 15 is 0 Å². The summed E-state index contributed by atoms with van der Waals surface area (Å²) in [6.07, 6.45) is 1.58. The fraction of sp³-hybridized carbons (Fsp3) is 0.286. The lowest BCUT2D eigenvalue weighted by Crippen LogP contribution is -2.41. The number of pyridine rings is 1. The Labute approximate surface area is 117 Å². The van der Waals surface area contributed by atoms with Gasteiger partial charge in [-0.25, -0.2) is 8.42 Å². The molecule has 20 heavy (non-hydrogen) atoms. The third kappa shape index (κ3) is 2.38. The third-order valence-corrected chi connectivity index (χ3v) is 5.78. The highest BCUT2D eigenvalue weighted by molar-refractivity contribution is 7.92. The maximum absolute atomic E-state index is 12.3. The van der Waals surface area contributed by atoms with Crippen LogP contribution in [0.4, 0.5) is 0 Å². The van der Waals surface area contributed by atoms with Gasteiger partial charge in [-0.3, -0.25) is 9.78 Å². The van der Waals surface area contributed by atoms with E-state index in [2.05, 4.69) is 4.98 Å². The van der Waals surface area contributed by atoms with E-state index in [9.17, 15) is 13.2 Å². The van der Waals surface area contributed by atoms with Gasteiger partial charge in [-0.1, -0.05) is 24.3 Å². The number of hydrogen-bond donors (Lipinski definition) is 1. The Bertz CT molecular complexity index is 760. The zero-order valence-electron chi connectivity index (χ0n) is 11.2. The quantitative estimate of drug-likeness (QED) is 0.932. The second kappa shape index (κ2) is 4.86. The Morgan fingerprint density at radius 1 is 1.25 bits per heavy atom. The molecule has 2 aromatic rings. The predicted octanol–water partition coefficient (Wildman–Crippen LogP) is 2.01. The fourth-order valence-electron chi connectivity index (χ4n) is 1.80. The minimum atomic E-state index is -3.84. The predicted molar refractivity (Wildman–Crippen MR) is 76.1 cm³/mol. The number of nitrogens with zero attached hydrogens (tertiary/aromatic N) is 1. The van der Waals surface area contributed by atoms with E-state index in [1.165, 1.54) is 13.8 Å². The Balaban J connectivity index is 2.50. The first-order chi connectivity index (χ1) is 9.25. The lowest BCUT2D eigenvalue weighted by molar-refractivity contribution is -0.139. The lowest BCUT2D eigenvalue weighted by atomic mass is 10.1. The summed E-state index contributed by atoms with van der Waals surface area (Å²) in [5.74, 6) is -1.70. The summed E-state index contributed by atoms with van der Waals surface area (Å²) in [5.41, 5.74) is 1.09. The molecule has 0 amide bonds. The van der Waals surface area contributed by atoms with E-state index in [-0.39, 0.29) is 5.75 Å². The van der Waals surface area contributed by atoms with Crippen molar-refractivity contribution in [2.45, 2.75) is 24.3 Å². The second-order valence-electron chi connectivity index (χ2n) is 5.07. The van der Waals surface area contributed by atoms with Crippen LogP contribution in [0.3, 0.4) is 0 Å². The average molecular weight is 293 g/mol. The zero-order chi connectivity index (χ0) is 15.0. The molecule has 0 unspecified atom stereocenters. The molecular formula is C14H15NO4S. The van der Waals surface area contributed by atoms with Crippen LogP contribution in [-0.2, 0) is 20.4 Å². The summed E-state index contributed by atoms with van der Waals surface area (Å²) in [4.78, 5) is 15.3. The maximum atomic E-state index is 12.3. The number of carboxylic acids is 1. The molecule has 1 heterocycles. The van der Waals surface area contributed by atoms with Gasteiger partial charge in [-0.2, -0.15) is 0 Å². The zero-order valence-corrected chi connectivity index (χ0v) is 12.0. The summed E-state index contributed by atoms with van der Waals surface area (Å²) < 4.78 is 22.8. The fourth-order valence-corrected chi connectivity index (χ4v) is 3.07. The molecule has 0 aliphatic carbocycles. The standard InChI is InChI=1S/C14H15NO4S/c1-14(2,13(16)17)20(18,19)9-11-6-3-5-10-7-4-8-15-12(10)11/h3-8H,9H2,1-2H3,(H,16,17). The van der Waals surface area contributed by atoms with Crippen LogP contribution >= 0.6 is 0 Å². The molecule has 1 aromatic carbocycles. The Hall–Kier alpha value is -1.95. The van der Waals surface area contributed by atoms with Crippen molar-refractivity contribution in [2.75, 3.05) is 0 Å². The minimum absolute atomic E-state index is 0.347. The topological polar surface area (TPSA) is 84.3 Å². The second-order valence-corrected chi connectivity index (χ2v) is 7.61. The molecule has 0 bridgehead atoms. The third-order valence-electron chi connectivity index (χ3n) is 3.35. The molecule has 5 nitrogen and oxygen atoms in total.